The van der Waals surface area contributed by atoms with Gasteiger partial charge in [0.25, 0.3) is 0 Å². The summed E-state index contributed by atoms with van der Waals surface area (Å²) in [7, 11) is 0. The predicted molar refractivity (Wildman–Crippen MR) is 60.5 cm³/mol. The number of piperidine rings is 1. The van der Waals surface area contributed by atoms with Crippen molar-refractivity contribution in [2.24, 2.45) is 5.92 Å². The zero-order valence-corrected chi connectivity index (χ0v) is 9.70. The monoisotopic (exact) mass is 291 g/mol. The molecule has 0 amide bonds. The SMILES string of the molecule is Ic1cnn(CC2CCNCC2)c1. The quantitative estimate of drug-likeness (QED) is 0.837. The second-order valence-corrected chi connectivity index (χ2v) is 4.82. The van der Waals surface area contributed by atoms with Crippen LogP contribution in [0, 0.1) is 9.49 Å². The summed E-state index contributed by atoms with van der Waals surface area (Å²) in [4.78, 5) is 0. The van der Waals surface area contributed by atoms with E-state index in [1.165, 1.54) is 29.5 Å². The number of rotatable bonds is 2. The Morgan fingerprint density at radius 3 is 2.92 bits per heavy atom. The van der Waals surface area contributed by atoms with Gasteiger partial charge in [-0.05, 0) is 54.4 Å². The normalized spacial score (nSPS) is 19.2. The molecule has 0 unspecified atom stereocenters. The third-order valence-electron chi connectivity index (χ3n) is 2.51. The van der Waals surface area contributed by atoms with Gasteiger partial charge in [0.15, 0.2) is 0 Å². The van der Waals surface area contributed by atoms with Gasteiger partial charge in [-0.2, -0.15) is 5.10 Å². The Labute approximate surface area is 92.0 Å². The van der Waals surface area contributed by atoms with Gasteiger partial charge < -0.3 is 5.32 Å². The summed E-state index contributed by atoms with van der Waals surface area (Å²) in [5.74, 6) is 0.817. The maximum absolute atomic E-state index is 4.30. The Morgan fingerprint density at radius 2 is 2.31 bits per heavy atom. The molecule has 1 fully saturated rings. The minimum atomic E-state index is 0.817. The highest BCUT2D eigenvalue weighted by Crippen LogP contribution is 2.14. The smallest absolute Gasteiger partial charge is 0.0623 e. The summed E-state index contributed by atoms with van der Waals surface area (Å²) < 4.78 is 3.30. The largest absolute Gasteiger partial charge is 0.317 e. The van der Waals surface area contributed by atoms with E-state index in [0.717, 1.165) is 12.5 Å². The molecular formula is C9H14IN3. The Hall–Kier alpha value is -0.100. The highest BCUT2D eigenvalue weighted by molar-refractivity contribution is 14.1. The van der Waals surface area contributed by atoms with Crippen LogP contribution in [0.15, 0.2) is 12.4 Å². The molecule has 0 bridgehead atoms. The molecule has 1 N–H and O–H groups in total. The summed E-state index contributed by atoms with van der Waals surface area (Å²) >= 11 is 2.30. The summed E-state index contributed by atoms with van der Waals surface area (Å²) in [5.41, 5.74) is 0. The number of hydrogen-bond donors (Lipinski definition) is 1. The molecule has 1 aliphatic rings. The molecule has 1 aromatic rings. The maximum atomic E-state index is 4.30. The van der Waals surface area contributed by atoms with Crippen molar-refractivity contribution in [1.82, 2.24) is 15.1 Å². The number of aromatic nitrogens is 2. The topological polar surface area (TPSA) is 29.9 Å². The van der Waals surface area contributed by atoms with Crippen molar-refractivity contribution in [2.45, 2.75) is 19.4 Å². The molecular weight excluding hydrogens is 277 g/mol. The lowest BCUT2D eigenvalue weighted by Gasteiger charge is -2.22. The molecule has 2 rings (SSSR count). The molecule has 0 atom stereocenters. The first-order valence-electron chi connectivity index (χ1n) is 4.73. The second-order valence-electron chi connectivity index (χ2n) is 3.57. The number of halogens is 1. The van der Waals surface area contributed by atoms with Gasteiger partial charge in [-0.15, -0.1) is 0 Å². The lowest BCUT2D eigenvalue weighted by atomic mass is 9.98. The molecule has 0 spiro atoms. The zero-order chi connectivity index (χ0) is 9.10. The van der Waals surface area contributed by atoms with Gasteiger partial charge in [0.05, 0.1) is 9.77 Å². The van der Waals surface area contributed by atoms with E-state index in [4.69, 9.17) is 0 Å². The minimum Gasteiger partial charge on any atom is -0.317 e. The highest BCUT2D eigenvalue weighted by atomic mass is 127. The third kappa shape index (κ3) is 2.67. The van der Waals surface area contributed by atoms with Crippen LogP contribution in [0.5, 0.6) is 0 Å². The van der Waals surface area contributed by atoms with Crippen LogP contribution in [0.4, 0.5) is 0 Å². The highest BCUT2D eigenvalue weighted by Gasteiger charge is 2.13. The fourth-order valence-electron chi connectivity index (χ4n) is 1.77. The maximum Gasteiger partial charge on any atom is 0.0623 e. The molecule has 72 valence electrons. The standard InChI is InChI=1S/C9H14IN3/c10-9-5-12-13(7-9)6-8-1-3-11-4-2-8/h5,7-8,11H,1-4,6H2. The van der Waals surface area contributed by atoms with E-state index in [9.17, 15) is 0 Å². The molecule has 0 aromatic carbocycles. The number of nitrogens with one attached hydrogen (secondary N) is 1. The number of hydrogen-bond acceptors (Lipinski definition) is 2. The van der Waals surface area contributed by atoms with Gasteiger partial charge in [0.2, 0.25) is 0 Å². The van der Waals surface area contributed by atoms with Crippen molar-refractivity contribution in [3.05, 3.63) is 16.0 Å². The first-order valence-corrected chi connectivity index (χ1v) is 5.81. The van der Waals surface area contributed by atoms with Crippen LogP contribution in [0.2, 0.25) is 0 Å². The van der Waals surface area contributed by atoms with Gasteiger partial charge in [-0.3, -0.25) is 4.68 Å². The van der Waals surface area contributed by atoms with Crippen LogP contribution in [0.1, 0.15) is 12.8 Å². The van der Waals surface area contributed by atoms with Crippen molar-refractivity contribution in [3.63, 3.8) is 0 Å². The fourth-order valence-corrected chi connectivity index (χ4v) is 2.21. The Morgan fingerprint density at radius 1 is 1.54 bits per heavy atom. The van der Waals surface area contributed by atoms with Gasteiger partial charge >= 0.3 is 0 Å². The van der Waals surface area contributed by atoms with Crippen LogP contribution >= 0.6 is 22.6 Å². The van der Waals surface area contributed by atoms with Crippen molar-refractivity contribution < 1.29 is 0 Å². The van der Waals surface area contributed by atoms with Crippen molar-refractivity contribution in [2.75, 3.05) is 13.1 Å². The van der Waals surface area contributed by atoms with E-state index >= 15 is 0 Å². The lowest BCUT2D eigenvalue weighted by Crippen LogP contribution is -2.29. The van der Waals surface area contributed by atoms with Gasteiger partial charge in [0, 0.05) is 12.7 Å². The summed E-state index contributed by atoms with van der Waals surface area (Å²) in [6.45, 7) is 3.43. The molecule has 1 aliphatic heterocycles. The predicted octanol–water partition coefficient (Wildman–Crippen LogP) is 1.49. The van der Waals surface area contributed by atoms with E-state index < -0.39 is 0 Å². The van der Waals surface area contributed by atoms with Crippen LogP contribution in [-0.2, 0) is 6.54 Å². The molecule has 3 nitrogen and oxygen atoms in total. The average Bonchev–Trinajstić information content (AvgIpc) is 2.53. The van der Waals surface area contributed by atoms with E-state index in [0.29, 0.717) is 0 Å². The lowest BCUT2D eigenvalue weighted by molar-refractivity contribution is 0.321. The van der Waals surface area contributed by atoms with Crippen LogP contribution < -0.4 is 5.32 Å². The van der Waals surface area contributed by atoms with Gasteiger partial charge in [0.1, 0.15) is 0 Å². The van der Waals surface area contributed by atoms with Crippen molar-refractivity contribution >= 4 is 22.6 Å². The zero-order valence-electron chi connectivity index (χ0n) is 7.54. The summed E-state index contributed by atoms with van der Waals surface area (Å²) in [6.07, 6.45) is 6.61. The van der Waals surface area contributed by atoms with E-state index in [1.807, 2.05) is 6.20 Å². The van der Waals surface area contributed by atoms with E-state index in [1.54, 1.807) is 0 Å². The molecule has 1 aromatic heterocycles. The van der Waals surface area contributed by atoms with Crippen LogP contribution in [0.25, 0.3) is 0 Å². The van der Waals surface area contributed by atoms with Crippen LogP contribution in [-0.4, -0.2) is 22.9 Å². The van der Waals surface area contributed by atoms with Crippen molar-refractivity contribution in [3.8, 4) is 0 Å². The molecule has 0 aliphatic carbocycles. The minimum absolute atomic E-state index is 0.817. The number of nitrogens with zero attached hydrogens (tertiary/aromatic N) is 2. The van der Waals surface area contributed by atoms with Gasteiger partial charge in [-0.1, -0.05) is 0 Å². The molecule has 4 heteroatoms. The Balaban J connectivity index is 1.89. The second kappa shape index (κ2) is 4.41. The first-order chi connectivity index (χ1) is 6.34. The van der Waals surface area contributed by atoms with Gasteiger partial charge in [-0.25, -0.2) is 0 Å². The average molecular weight is 291 g/mol. The Bertz CT molecular complexity index is 266. The van der Waals surface area contributed by atoms with Crippen molar-refractivity contribution in [1.29, 1.82) is 0 Å². The molecule has 0 radical (unpaired) electrons. The first kappa shape index (κ1) is 9.45. The van der Waals surface area contributed by atoms with E-state index in [-0.39, 0.29) is 0 Å². The summed E-state index contributed by atoms with van der Waals surface area (Å²) in [6, 6.07) is 0. The third-order valence-corrected chi connectivity index (χ3v) is 3.06. The molecule has 0 saturated carbocycles. The van der Waals surface area contributed by atoms with E-state index in [2.05, 4.69) is 43.9 Å². The molecule has 13 heavy (non-hydrogen) atoms. The summed E-state index contributed by atoms with van der Waals surface area (Å²) in [5, 5.41) is 7.67. The molecule has 1 saturated heterocycles. The molecule has 2 heterocycles. The Kier molecular flexibility index (Phi) is 3.21. The fraction of sp³-hybridized carbons (Fsp3) is 0.667. The van der Waals surface area contributed by atoms with Crippen LogP contribution in [0.3, 0.4) is 0 Å².